The zero-order valence-corrected chi connectivity index (χ0v) is 13.5. The molecule has 10 heteroatoms. The average Bonchev–Trinajstić information content (AvgIpc) is 2.28. The fourth-order valence-electron chi connectivity index (χ4n) is 2.42. The Kier molecular flexibility index (Phi) is 6.10. The second kappa shape index (κ2) is 6.20. The molecule has 0 amide bonds. The Hall–Kier alpha value is -0.320. The molecule has 2 N–H and O–H groups in total. The topological polar surface area (TPSA) is 101 Å². The lowest BCUT2D eigenvalue weighted by Gasteiger charge is -2.40. The summed E-state index contributed by atoms with van der Waals surface area (Å²) in [6, 6.07) is 0. The van der Waals surface area contributed by atoms with Gasteiger partial charge in [-0.3, -0.25) is 4.55 Å². The van der Waals surface area contributed by atoms with Gasteiger partial charge < -0.3 is 0 Å². The summed E-state index contributed by atoms with van der Waals surface area (Å²) < 4.78 is 83.8. The summed E-state index contributed by atoms with van der Waals surface area (Å²) in [4.78, 5) is 0. The maximum absolute atomic E-state index is 14.6. The molecule has 0 aromatic rings. The van der Waals surface area contributed by atoms with Crippen LogP contribution < -0.4 is 4.72 Å². The molecule has 0 spiro atoms. The highest BCUT2D eigenvalue weighted by Gasteiger charge is 2.65. The van der Waals surface area contributed by atoms with Crippen LogP contribution >= 0.6 is 0 Å². The van der Waals surface area contributed by atoms with Gasteiger partial charge in [-0.05, 0) is 26.3 Å². The molecule has 0 rings (SSSR count). The molecule has 1 atom stereocenters. The summed E-state index contributed by atoms with van der Waals surface area (Å²) in [5, 5.41) is -2.47. The Labute approximate surface area is 118 Å². The van der Waals surface area contributed by atoms with Crippen LogP contribution in [-0.2, 0) is 20.1 Å². The molecule has 0 saturated carbocycles. The van der Waals surface area contributed by atoms with E-state index in [0.29, 0.717) is 0 Å². The molecule has 0 saturated heterocycles. The summed E-state index contributed by atoms with van der Waals surface area (Å²) >= 11 is 0. The van der Waals surface area contributed by atoms with Gasteiger partial charge in [0.2, 0.25) is 10.0 Å². The fraction of sp³-hybridized carbons (Fsp3) is 1.00. The molecule has 0 aliphatic heterocycles. The molecule has 6 nitrogen and oxygen atoms in total. The normalized spacial score (nSPS) is 16.1. The third-order valence-corrected chi connectivity index (χ3v) is 7.43. The molecule has 0 heterocycles. The van der Waals surface area contributed by atoms with Crippen molar-refractivity contribution < 1.29 is 30.2 Å². The maximum atomic E-state index is 14.6. The van der Waals surface area contributed by atoms with Crippen molar-refractivity contribution in [2.24, 2.45) is 0 Å². The van der Waals surface area contributed by atoms with Crippen LogP contribution in [0.3, 0.4) is 0 Å². The highest BCUT2D eigenvalue weighted by atomic mass is 32.2. The predicted molar refractivity (Wildman–Crippen MR) is 71.9 cm³/mol. The third-order valence-electron chi connectivity index (χ3n) is 3.67. The van der Waals surface area contributed by atoms with Crippen molar-refractivity contribution in [2.45, 2.75) is 56.0 Å². The van der Waals surface area contributed by atoms with Crippen molar-refractivity contribution in [2.75, 3.05) is 7.05 Å². The lowest BCUT2D eigenvalue weighted by Crippen LogP contribution is -2.62. The first kappa shape index (κ1) is 19.7. The van der Waals surface area contributed by atoms with Crippen molar-refractivity contribution in [3.05, 3.63) is 0 Å². The van der Waals surface area contributed by atoms with E-state index in [1.807, 2.05) is 4.72 Å². The molecule has 0 aliphatic rings. The minimum atomic E-state index is -5.09. The van der Waals surface area contributed by atoms with Gasteiger partial charge in [0.1, 0.15) is 0 Å². The summed E-state index contributed by atoms with van der Waals surface area (Å²) in [5.41, 5.74) is 0. The number of nitrogens with one attached hydrogen (secondary N) is 1. The maximum Gasteiger partial charge on any atom is 0.287 e. The molecule has 0 aromatic carbocycles. The van der Waals surface area contributed by atoms with Gasteiger partial charge in [0.05, 0.1) is 0 Å². The summed E-state index contributed by atoms with van der Waals surface area (Å²) in [6.07, 6.45) is -1.59. The van der Waals surface area contributed by atoms with Crippen molar-refractivity contribution in [3.8, 4) is 0 Å². The van der Waals surface area contributed by atoms with E-state index in [1.54, 1.807) is 0 Å². The lowest BCUT2D eigenvalue weighted by atomic mass is 9.91. The smallest absolute Gasteiger partial charge is 0.285 e. The van der Waals surface area contributed by atoms with Crippen molar-refractivity contribution >= 4 is 20.1 Å². The van der Waals surface area contributed by atoms with Crippen LogP contribution in [0.5, 0.6) is 0 Å². The van der Waals surface area contributed by atoms with Crippen LogP contribution in [0.25, 0.3) is 0 Å². The third kappa shape index (κ3) is 2.97. The Bertz CT molecular complexity index is 526. The minimum Gasteiger partial charge on any atom is -0.285 e. The van der Waals surface area contributed by atoms with Crippen LogP contribution in [-0.4, -0.2) is 44.4 Å². The predicted octanol–water partition coefficient (Wildman–Crippen LogP) is 1.40. The van der Waals surface area contributed by atoms with Crippen molar-refractivity contribution in [1.82, 2.24) is 4.72 Å². The fourth-order valence-corrected chi connectivity index (χ4v) is 5.17. The van der Waals surface area contributed by atoms with E-state index in [4.69, 9.17) is 4.55 Å². The van der Waals surface area contributed by atoms with Crippen LogP contribution in [0, 0.1) is 0 Å². The molecular weight excluding hydrogens is 316 g/mol. The monoisotopic (exact) mass is 337 g/mol. The summed E-state index contributed by atoms with van der Waals surface area (Å²) in [5.74, 6) is -4.14. The Morgan fingerprint density at radius 2 is 1.50 bits per heavy atom. The number of alkyl halides is 2. The summed E-state index contributed by atoms with van der Waals surface area (Å²) in [6.45, 7) is 3.63. The molecule has 20 heavy (non-hydrogen) atoms. The largest absolute Gasteiger partial charge is 0.287 e. The number of hydrogen-bond acceptors (Lipinski definition) is 4. The van der Waals surface area contributed by atoms with Crippen LogP contribution in [0.15, 0.2) is 0 Å². The van der Waals surface area contributed by atoms with E-state index in [2.05, 4.69) is 0 Å². The van der Waals surface area contributed by atoms with E-state index in [0.717, 1.165) is 14.0 Å². The van der Waals surface area contributed by atoms with E-state index >= 15 is 0 Å². The summed E-state index contributed by atoms with van der Waals surface area (Å²) in [7, 11) is -8.57. The van der Waals surface area contributed by atoms with Gasteiger partial charge in [0, 0.05) is 0 Å². The molecular formula is C10H21F2NO5S2. The number of halogens is 2. The molecule has 0 bridgehead atoms. The first-order valence-corrected chi connectivity index (χ1v) is 9.13. The minimum absolute atomic E-state index is 0.494. The van der Waals surface area contributed by atoms with E-state index in [9.17, 15) is 25.6 Å². The zero-order chi connectivity index (χ0) is 16.4. The van der Waals surface area contributed by atoms with E-state index in [1.165, 1.54) is 13.8 Å². The van der Waals surface area contributed by atoms with Gasteiger partial charge in [-0.2, -0.15) is 8.42 Å². The first-order chi connectivity index (χ1) is 8.87. The highest BCUT2D eigenvalue weighted by molar-refractivity contribution is 7.91. The Morgan fingerprint density at radius 3 is 1.70 bits per heavy atom. The van der Waals surface area contributed by atoms with Crippen molar-refractivity contribution in [1.29, 1.82) is 0 Å². The van der Waals surface area contributed by atoms with Crippen LogP contribution in [0.4, 0.5) is 8.78 Å². The molecule has 0 aromatic heterocycles. The molecule has 122 valence electrons. The van der Waals surface area contributed by atoms with Gasteiger partial charge >= 0.3 is 0 Å². The SMILES string of the molecule is CCC(C(F)(F)C(CC)(CC)S(=O)(=O)NC)S(=O)(=O)O. The zero-order valence-electron chi connectivity index (χ0n) is 11.9. The van der Waals surface area contributed by atoms with Gasteiger partial charge in [-0.15, -0.1) is 0 Å². The van der Waals surface area contributed by atoms with E-state index < -0.39 is 55.3 Å². The van der Waals surface area contributed by atoms with E-state index in [-0.39, 0.29) is 0 Å². The van der Waals surface area contributed by atoms with Crippen LogP contribution in [0.1, 0.15) is 40.0 Å². The standard InChI is InChI=1S/C10H21F2NO5S2/c1-5-8(19(14,15)16)10(11,12)9(6-2,7-3)20(17,18)13-4/h8,13H,5-7H2,1-4H3,(H,14,15,16). The molecule has 0 aliphatic carbocycles. The number of rotatable bonds is 8. The van der Waals surface area contributed by atoms with Crippen molar-refractivity contribution in [3.63, 3.8) is 0 Å². The Morgan fingerprint density at radius 1 is 1.10 bits per heavy atom. The van der Waals surface area contributed by atoms with Gasteiger partial charge in [-0.25, -0.2) is 21.9 Å². The van der Waals surface area contributed by atoms with Gasteiger partial charge in [0.25, 0.3) is 16.0 Å². The quantitative estimate of drug-likeness (QED) is 0.652. The molecule has 0 fully saturated rings. The van der Waals surface area contributed by atoms with Crippen LogP contribution in [0.2, 0.25) is 0 Å². The lowest BCUT2D eigenvalue weighted by molar-refractivity contribution is -0.0521. The highest BCUT2D eigenvalue weighted by Crippen LogP contribution is 2.45. The first-order valence-electron chi connectivity index (χ1n) is 6.15. The van der Waals surface area contributed by atoms with Gasteiger partial charge in [-0.1, -0.05) is 20.8 Å². The Balaban J connectivity index is 6.33. The molecule has 1 unspecified atom stereocenters. The van der Waals surface area contributed by atoms with Gasteiger partial charge in [0.15, 0.2) is 10.00 Å². The average molecular weight is 337 g/mol. The number of sulfonamides is 1. The number of hydrogen-bond donors (Lipinski definition) is 2. The molecule has 0 radical (unpaired) electrons. The second-order valence-corrected chi connectivity index (χ2v) is 8.24. The second-order valence-electron chi connectivity index (χ2n) is 4.44.